The number of nitrogens with two attached hydrogens (primary N) is 2. The van der Waals surface area contributed by atoms with Crippen molar-refractivity contribution in [2.45, 2.75) is 143 Å². The molecule has 5 unspecified atom stereocenters. The first kappa shape index (κ1) is 44.1. The number of fused-ring (bicyclic) bond motifs is 5. The summed E-state index contributed by atoms with van der Waals surface area (Å²) in [6, 6.07) is 21.1. The van der Waals surface area contributed by atoms with Gasteiger partial charge in [-0.05, 0) is 202 Å². The minimum atomic E-state index is -0.00727. The number of hydrogen-bond acceptors (Lipinski definition) is 6. The third-order valence-corrected chi connectivity index (χ3v) is 16.2. The van der Waals surface area contributed by atoms with Gasteiger partial charge in [0.1, 0.15) is 17.2 Å². The van der Waals surface area contributed by atoms with E-state index in [-0.39, 0.29) is 11.9 Å². The number of rotatable bonds is 19. The normalized spacial score (nSPS) is 29.1. The maximum Gasteiger partial charge on any atom is 0.185 e. The molecule has 326 valence electrons. The van der Waals surface area contributed by atoms with Crippen molar-refractivity contribution < 1.29 is 19.0 Å². The number of nitrogen functional groups attached to an aromatic ring is 2. The van der Waals surface area contributed by atoms with Crippen molar-refractivity contribution in [3.8, 4) is 17.2 Å². The van der Waals surface area contributed by atoms with Crippen LogP contribution in [0.4, 0.5) is 11.4 Å². The average Bonchev–Trinajstić information content (AvgIpc) is 3.59. The Balaban J connectivity index is 0.811. The molecule has 0 heterocycles. The van der Waals surface area contributed by atoms with Crippen LogP contribution in [0.3, 0.4) is 0 Å². The number of hydrogen-bond donors (Lipinski definition) is 2. The summed E-state index contributed by atoms with van der Waals surface area (Å²) < 4.78 is 18.4. The Morgan fingerprint density at radius 3 is 2.17 bits per heavy atom. The van der Waals surface area contributed by atoms with Crippen molar-refractivity contribution in [1.29, 1.82) is 0 Å². The molecule has 0 spiro atoms. The molecule has 4 aliphatic carbocycles. The second kappa shape index (κ2) is 19.8. The van der Waals surface area contributed by atoms with Gasteiger partial charge >= 0.3 is 0 Å². The van der Waals surface area contributed by atoms with E-state index in [2.05, 4.69) is 34.6 Å². The molecular weight excluding hydrogens is 741 g/mol. The molecule has 3 aromatic carbocycles. The fourth-order valence-corrected chi connectivity index (χ4v) is 12.8. The summed E-state index contributed by atoms with van der Waals surface area (Å²) in [5, 5.41) is 0. The Kier molecular flexibility index (Phi) is 14.6. The van der Waals surface area contributed by atoms with Gasteiger partial charge in [0.05, 0.1) is 25.0 Å². The first-order valence-corrected chi connectivity index (χ1v) is 23.9. The number of anilines is 2. The van der Waals surface area contributed by atoms with Crippen molar-refractivity contribution in [1.82, 2.24) is 0 Å². The van der Waals surface area contributed by atoms with E-state index in [1.54, 1.807) is 18.2 Å². The Labute approximate surface area is 362 Å². The highest BCUT2D eigenvalue weighted by atomic mass is 16.5. The zero-order valence-electron chi connectivity index (χ0n) is 37.6. The number of carbonyl (C=O) groups excluding carboxylic acids is 1. The summed E-state index contributed by atoms with van der Waals surface area (Å²) in [7, 11) is 0. The molecule has 0 aliphatic heterocycles. The van der Waals surface area contributed by atoms with Crippen LogP contribution in [0.5, 0.6) is 17.2 Å². The largest absolute Gasteiger partial charge is 0.494 e. The Morgan fingerprint density at radius 1 is 0.733 bits per heavy atom. The van der Waals surface area contributed by atoms with Crippen LogP contribution in [0.2, 0.25) is 0 Å². The molecule has 9 atom stereocenters. The lowest BCUT2D eigenvalue weighted by Crippen LogP contribution is -2.54. The SMILES string of the molecule is CC(C)CCC[C@@H](C)[C@H]1CCC2C3CCC4CC(Oc5ccc(C(=O)C=Cc6ccc(OCCCCCCOc7ccc(N)cc7N)cc6)cc5)CC[C@]4(C)C3CC[C@@]21C. The van der Waals surface area contributed by atoms with Crippen molar-refractivity contribution in [3.63, 3.8) is 0 Å². The fourth-order valence-electron chi connectivity index (χ4n) is 12.8. The number of allylic oxidation sites excluding steroid dienone is 1. The van der Waals surface area contributed by atoms with Gasteiger partial charge in [-0.1, -0.05) is 72.1 Å². The maximum atomic E-state index is 13.1. The van der Waals surface area contributed by atoms with Crippen LogP contribution >= 0.6 is 0 Å². The second-order valence-corrected chi connectivity index (χ2v) is 20.4. The number of benzene rings is 3. The monoisotopic (exact) mass is 817 g/mol. The lowest BCUT2D eigenvalue weighted by Gasteiger charge is -2.61. The van der Waals surface area contributed by atoms with Gasteiger partial charge in [-0.25, -0.2) is 0 Å². The van der Waals surface area contributed by atoms with E-state index in [4.69, 9.17) is 25.7 Å². The van der Waals surface area contributed by atoms with Crippen molar-refractivity contribution in [2.24, 2.45) is 52.3 Å². The van der Waals surface area contributed by atoms with E-state index < -0.39 is 0 Å². The minimum absolute atomic E-state index is 0.00727. The molecule has 0 aromatic heterocycles. The standard InChI is InChI=1S/C54H76N2O4/c1-37(2)11-10-12-38(3)47-25-26-48-46-24-18-41-35-45(29-31-53(41,4)49(46)30-32-54(47,48)5)60-44-22-16-40(17-23-44)51(57)27-15-39-13-20-43(21-14-39)58-33-8-6-7-9-34-59-52-28-19-42(55)36-50(52)56/h13-17,19-23,27-28,36-38,41,45-49H,6-12,18,24-26,29-35,55-56H2,1-5H3/t38-,41?,45?,46?,47-,48?,49?,53+,54-/m1/s1. The van der Waals surface area contributed by atoms with Crippen LogP contribution in [0.1, 0.15) is 153 Å². The van der Waals surface area contributed by atoms with Gasteiger partial charge in [-0.15, -0.1) is 0 Å². The van der Waals surface area contributed by atoms with E-state index in [1.165, 1.54) is 70.6 Å². The fraction of sp³-hybridized carbons (Fsp3) is 0.611. The van der Waals surface area contributed by atoms with E-state index in [0.29, 0.717) is 46.7 Å². The van der Waals surface area contributed by atoms with E-state index in [1.807, 2.05) is 60.7 Å². The maximum absolute atomic E-state index is 13.1. The molecule has 6 nitrogen and oxygen atoms in total. The van der Waals surface area contributed by atoms with E-state index in [0.717, 1.165) is 90.6 Å². The average molecular weight is 817 g/mol. The summed E-state index contributed by atoms with van der Waals surface area (Å²) in [6.45, 7) is 14.0. The molecule has 3 aromatic rings. The van der Waals surface area contributed by atoms with Crippen LogP contribution in [-0.2, 0) is 0 Å². The predicted molar refractivity (Wildman–Crippen MR) is 248 cm³/mol. The molecule has 4 aliphatic rings. The molecule has 60 heavy (non-hydrogen) atoms. The minimum Gasteiger partial charge on any atom is -0.494 e. The number of ketones is 1. The van der Waals surface area contributed by atoms with Crippen LogP contribution in [-0.4, -0.2) is 25.1 Å². The number of ether oxygens (including phenoxy) is 3. The topological polar surface area (TPSA) is 96.8 Å². The molecule has 7 rings (SSSR count). The van der Waals surface area contributed by atoms with Crippen molar-refractivity contribution in [3.05, 3.63) is 83.9 Å². The third kappa shape index (κ3) is 10.4. The molecule has 4 saturated carbocycles. The summed E-state index contributed by atoms with van der Waals surface area (Å²) in [5.41, 5.74) is 15.6. The van der Waals surface area contributed by atoms with Crippen LogP contribution in [0.15, 0.2) is 72.8 Å². The van der Waals surface area contributed by atoms with Gasteiger partial charge in [-0.3, -0.25) is 4.79 Å². The van der Waals surface area contributed by atoms with E-state index >= 15 is 0 Å². The van der Waals surface area contributed by atoms with Gasteiger partial charge in [-0.2, -0.15) is 0 Å². The van der Waals surface area contributed by atoms with Crippen molar-refractivity contribution in [2.75, 3.05) is 24.7 Å². The molecular formula is C54H76N2O4. The van der Waals surface area contributed by atoms with Gasteiger partial charge in [0, 0.05) is 11.3 Å². The lowest BCUT2D eigenvalue weighted by molar-refractivity contribution is -0.126. The summed E-state index contributed by atoms with van der Waals surface area (Å²) in [5.74, 6) is 8.53. The quantitative estimate of drug-likeness (QED) is 0.0541. The predicted octanol–water partition coefficient (Wildman–Crippen LogP) is 13.6. The zero-order chi connectivity index (χ0) is 42.3. The highest BCUT2D eigenvalue weighted by Gasteiger charge is 2.60. The highest BCUT2D eigenvalue weighted by molar-refractivity contribution is 6.06. The number of carbonyl (C=O) groups is 1. The summed E-state index contributed by atoms with van der Waals surface area (Å²) in [4.78, 5) is 13.1. The van der Waals surface area contributed by atoms with Gasteiger partial charge < -0.3 is 25.7 Å². The molecule has 6 heteroatoms. The first-order valence-electron chi connectivity index (χ1n) is 23.9. The van der Waals surface area contributed by atoms with Gasteiger partial charge in [0.2, 0.25) is 0 Å². The van der Waals surface area contributed by atoms with Crippen molar-refractivity contribution >= 4 is 23.2 Å². The third-order valence-electron chi connectivity index (χ3n) is 16.2. The molecule has 4 fully saturated rings. The van der Waals surface area contributed by atoms with Gasteiger partial charge in [0.25, 0.3) is 0 Å². The molecule has 0 radical (unpaired) electrons. The lowest BCUT2D eigenvalue weighted by atomic mass is 9.44. The molecule has 4 N–H and O–H groups in total. The smallest absolute Gasteiger partial charge is 0.185 e. The highest BCUT2D eigenvalue weighted by Crippen LogP contribution is 2.68. The Morgan fingerprint density at radius 2 is 1.43 bits per heavy atom. The summed E-state index contributed by atoms with van der Waals surface area (Å²) in [6.07, 6.45) is 24.3. The Hall–Kier alpha value is -3.93. The first-order chi connectivity index (χ1) is 28.9. The Bertz CT molecular complexity index is 1870. The van der Waals surface area contributed by atoms with Crippen LogP contribution in [0, 0.1) is 52.3 Å². The molecule has 0 saturated heterocycles. The number of unbranched alkanes of at least 4 members (excludes halogenated alkanes) is 3. The van der Waals surface area contributed by atoms with Crippen LogP contribution < -0.4 is 25.7 Å². The molecule has 0 amide bonds. The second-order valence-electron chi connectivity index (χ2n) is 20.4. The zero-order valence-corrected chi connectivity index (χ0v) is 37.6. The van der Waals surface area contributed by atoms with Gasteiger partial charge in [0.15, 0.2) is 5.78 Å². The van der Waals surface area contributed by atoms with E-state index in [9.17, 15) is 4.79 Å². The summed E-state index contributed by atoms with van der Waals surface area (Å²) >= 11 is 0. The van der Waals surface area contributed by atoms with Crippen LogP contribution in [0.25, 0.3) is 6.08 Å². The molecule has 0 bridgehead atoms.